The molecule has 106 valence electrons. The van der Waals surface area contributed by atoms with Crippen LogP contribution in [0, 0.1) is 6.92 Å². The van der Waals surface area contributed by atoms with Gasteiger partial charge in [0.1, 0.15) is 12.1 Å². The van der Waals surface area contributed by atoms with Crippen LogP contribution in [0.25, 0.3) is 0 Å². The van der Waals surface area contributed by atoms with Crippen LogP contribution in [0.1, 0.15) is 36.1 Å². The molecular weight excluding hydrogens is 250 g/mol. The molecule has 1 aromatic carbocycles. The van der Waals surface area contributed by atoms with E-state index in [9.17, 15) is 0 Å². The van der Waals surface area contributed by atoms with E-state index in [1.54, 1.807) is 13.4 Å². The highest BCUT2D eigenvalue weighted by molar-refractivity contribution is 5.43. The Labute approximate surface area is 120 Å². The molecule has 0 radical (unpaired) electrons. The summed E-state index contributed by atoms with van der Waals surface area (Å²) in [6.07, 6.45) is 6.32. The van der Waals surface area contributed by atoms with E-state index in [2.05, 4.69) is 41.3 Å². The Kier molecular flexibility index (Phi) is 5.07. The highest BCUT2D eigenvalue weighted by Crippen LogP contribution is 2.30. The number of nitrogens with zero attached hydrogens (tertiary/aromatic N) is 2. The van der Waals surface area contributed by atoms with Gasteiger partial charge in [-0.2, -0.15) is 0 Å². The van der Waals surface area contributed by atoms with Gasteiger partial charge in [0.15, 0.2) is 0 Å². The third kappa shape index (κ3) is 3.33. The van der Waals surface area contributed by atoms with Gasteiger partial charge in [0.2, 0.25) is 0 Å². The fourth-order valence-electron chi connectivity index (χ4n) is 2.24. The highest BCUT2D eigenvalue weighted by Gasteiger charge is 2.18. The number of methoxy groups -OCH3 is 1. The van der Waals surface area contributed by atoms with Gasteiger partial charge in [-0.25, -0.2) is 9.97 Å². The number of ether oxygens (including phenoxy) is 1. The van der Waals surface area contributed by atoms with Crippen LogP contribution in [0.3, 0.4) is 0 Å². The van der Waals surface area contributed by atoms with E-state index in [1.165, 1.54) is 5.56 Å². The van der Waals surface area contributed by atoms with E-state index in [-0.39, 0.29) is 6.04 Å². The predicted molar refractivity (Wildman–Crippen MR) is 79.9 cm³/mol. The normalized spacial score (nSPS) is 12.2. The van der Waals surface area contributed by atoms with Crippen molar-refractivity contribution in [3.63, 3.8) is 0 Å². The molecular formula is C16H21N3O. The van der Waals surface area contributed by atoms with E-state index in [4.69, 9.17) is 4.74 Å². The quantitative estimate of drug-likeness (QED) is 0.877. The van der Waals surface area contributed by atoms with Crippen molar-refractivity contribution < 1.29 is 4.74 Å². The summed E-state index contributed by atoms with van der Waals surface area (Å²) >= 11 is 0. The van der Waals surface area contributed by atoms with Gasteiger partial charge >= 0.3 is 0 Å². The minimum Gasteiger partial charge on any atom is -0.496 e. The van der Waals surface area contributed by atoms with Gasteiger partial charge in [0, 0.05) is 23.5 Å². The molecule has 0 saturated heterocycles. The van der Waals surface area contributed by atoms with E-state index in [1.807, 2.05) is 18.5 Å². The lowest BCUT2D eigenvalue weighted by molar-refractivity contribution is 0.403. The van der Waals surface area contributed by atoms with E-state index >= 15 is 0 Å². The molecule has 0 saturated carbocycles. The number of aryl methyl sites for hydroxylation is 1. The van der Waals surface area contributed by atoms with Crippen molar-refractivity contribution in [3.05, 3.63) is 53.6 Å². The topological polar surface area (TPSA) is 47.0 Å². The summed E-state index contributed by atoms with van der Waals surface area (Å²) in [7, 11) is 1.70. The first-order valence-corrected chi connectivity index (χ1v) is 6.89. The van der Waals surface area contributed by atoms with Gasteiger partial charge in [-0.05, 0) is 26.0 Å². The molecule has 0 fully saturated rings. The fraction of sp³-hybridized carbons (Fsp3) is 0.375. The summed E-state index contributed by atoms with van der Waals surface area (Å²) < 4.78 is 5.50. The third-order valence-corrected chi connectivity index (χ3v) is 3.21. The molecule has 0 amide bonds. The molecule has 2 rings (SSSR count). The fourth-order valence-corrected chi connectivity index (χ4v) is 2.24. The van der Waals surface area contributed by atoms with Crippen molar-refractivity contribution in [1.82, 2.24) is 15.3 Å². The number of benzene rings is 1. The lowest BCUT2D eigenvalue weighted by Crippen LogP contribution is -2.24. The van der Waals surface area contributed by atoms with Crippen LogP contribution in [0.15, 0.2) is 36.9 Å². The summed E-state index contributed by atoms with van der Waals surface area (Å²) in [5.74, 6) is 0.882. The van der Waals surface area contributed by atoms with Crippen molar-refractivity contribution in [2.24, 2.45) is 0 Å². The monoisotopic (exact) mass is 271 g/mol. The van der Waals surface area contributed by atoms with Crippen LogP contribution in [-0.2, 0) is 0 Å². The standard InChI is InChI=1S/C16H21N3O/c1-4-7-19-16(13-9-17-11-18-10-13)14-8-12(2)5-6-15(14)20-3/h5-6,8-11,16,19H,4,7H2,1-3H3. The maximum absolute atomic E-state index is 5.50. The molecule has 2 aromatic rings. The first-order valence-electron chi connectivity index (χ1n) is 6.89. The number of aromatic nitrogens is 2. The average molecular weight is 271 g/mol. The van der Waals surface area contributed by atoms with Crippen molar-refractivity contribution >= 4 is 0 Å². The molecule has 0 aliphatic rings. The first-order chi connectivity index (χ1) is 9.76. The minimum atomic E-state index is 0.0472. The smallest absolute Gasteiger partial charge is 0.124 e. The zero-order chi connectivity index (χ0) is 14.4. The lowest BCUT2D eigenvalue weighted by Gasteiger charge is -2.21. The predicted octanol–water partition coefficient (Wildman–Crippen LogP) is 2.88. The van der Waals surface area contributed by atoms with Crippen molar-refractivity contribution in [3.8, 4) is 5.75 Å². The molecule has 0 aliphatic carbocycles. The van der Waals surface area contributed by atoms with Crippen molar-refractivity contribution in [2.45, 2.75) is 26.3 Å². The van der Waals surface area contributed by atoms with Gasteiger partial charge in [0.05, 0.1) is 13.2 Å². The summed E-state index contributed by atoms with van der Waals surface area (Å²) in [5.41, 5.74) is 3.38. The first kappa shape index (κ1) is 14.5. The SMILES string of the molecule is CCCNC(c1cncnc1)c1cc(C)ccc1OC. The van der Waals surface area contributed by atoms with Crippen LogP contribution in [0.5, 0.6) is 5.75 Å². The second-order valence-corrected chi connectivity index (χ2v) is 4.80. The van der Waals surface area contributed by atoms with E-state index < -0.39 is 0 Å². The number of nitrogens with one attached hydrogen (secondary N) is 1. The lowest BCUT2D eigenvalue weighted by atomic mass is 9.98. The van der Waals surface area contributed by atoms with E-state index in [0.717, 1.165) is 29.8 Å². The Bertz CT molecular complexity index is 543. The maximum atomic E-state index is 5.50. The molecule has 20 heavy (non-hydrogen) atoms. The van der Waals surface area contributed by atoms with Gasteiger partial charge in [0.25, 0.3) is 0 Å². The molecule has 0 spiro atoms. The number of rotatable bonds is 6. The molecule has 1 atom stereocenters. The molecule has 1 unspecified atom stereocenters. The number of hydrogen-bond acceptors (Lipinski definition) is 4. The Morgan fingerprint density at radius 1 is 1.25 bits per heavy atom. The molecule has 1 aromatic heterocycles. The Hall–Kier alpha value is -1.94. The molecule has 1 N–H and O–H groups in total. The molecule has 0 aliphatic heterocycles. The third-order valence-electron chi connectivity index (χ3n) is 3.21. The van der Waals surface area contributed by atoms with Crippen LogP contribution >= 0.6 is 0 Å². The Morgan fingerprint density at radius 3 is 2.65 bits per heavy atom. The van der Waals surface area contributed by atoms with Crippen LogP contribution in [0.2, 0.25) is 0 Å². The zero-order valence-electron chi connectivity index (χ0n) is 12.3. The van der Waals surface area contributed by atoms with Crippen LogP contribution < -0.4 is 10.1 Å². The maximum Gasteiger partial charge on any atom is 0.124 e. The average Bonchev–Trinajstić information content (AvgIpc) is 2.49. The number of hydrogen-bond donors (Lipinski definition) is 1. The summed E-state index contributed by atoms with van der Waals surface area (Å²) in [6.45, 7) is 5.16. The Balaban J connectivity index is 2.43. The van der Waals surface area contributed by atoms with Gasteiger partial charge in [-0.15, -0.1) is 0 Å². The van der Waals surface area contributed by atoms with Gasteiger partial charge in [-0.1, -0.05) is 24.6 Å². The second-order valence-electron chi connectivity index (χ2n) is 4.80. The second kappa shape index (κ2) is 7.01. The van der Waals surface area contributed by atoms with Crippen LogP contribution in [-0.4, -0.2) is 23.6 Å². The van der Waals surface area contributed by atoms with Crippen molar-refractivity contribution in [2.75, 3.05) is 13.7 Å². The Morgan fingerprint density at radius 2 is 2.00 bits per heavy atom. The largest absolute Gasteiger partial charge is 0.496 e. The molecule has 0 bridgehead atoms. The minimum absolute atomic E-state index is 0.0472. The van der Waals surface area contributed by atoms with Crippen molar-refractivity contribution in [1.29, 1.82) is 0 Å². The van der Waals surface area contributed by atoms with Gasteiger partial charge in [-0.3, -0.25) is 0 Å². The zero-order valence-corrected chi connectivity index (χ0v) is 12.3. The molecule has 4 heteroatoms. The summed E-state index contributed by atoms with van der Waals surface area (Å²) in [5, 5.41) is 3.54. The van der Waals surface area contributed by atoms with Gasteiger partial charge < -0.3 is 10.1 Å². The van der Waals surface area contributed by atoms with E-state index in [0.29, 0.717) is 0 Å². The van der Waals surface area contributed by atoms with Crippen LogP contribution in [0.4, 0.5) is 0 Å². The molecule has 4 nitrogen and oxygen atoms in total. The summed E-state index contributed by atoms with van der Waals surface area (Å²) in [6, 6.07) is 6.26. The molecule has 1 heterocycles. The highest BCUT2D eigenvalue weighted by atomic mass is 16.5. The summed E-state index contributed by atoms with van der Waals surface area (Å²) in [4.78, 5) is 8.25.